The van der Waals surface area contributed by atoms with E-state index in [1.165, 1.54) is 6.42 Å². The molecule has 120 valence electrons. The molecule has 0 bridgehead atoms. The third kappa shape index (κ3) is 2.85. The highest BCUT2D eigenvalue weighted by Gasteiger charge is 2.25. The van der Waals surface area contributed by atoms with Gasteiger partial charge in [0.2, 0.25) is 5.95 Å². The summed E-state index contributed by atoms with van der Waals surface area (Å²) in [4.78, 5) is 11.7. The zero-order valence-corrected chi connectivity index (χ0v) is 13.5. The number of aliphatic hydroxyl groups is 1. The maximum Gasteiger partial charge on any atom is 0.229 e. The van der Waals surface area contributed by atoms with Crippen LogP contribution in [0.4, 0.5) is 11.8 Å². The van der Waals surface area contributed by atoms with E-state index in [9.17, 15) is 0 Å². The lowest BCUT2D eigenvalue weighted by molar-refractivity contribution is 0.311. The lowest BCUT2D eigenvalue weighted by Crippen LogP contribution is -2.39. The Balaban J connectivity index is 1.99. The third-order valence-corrected chi connectivity index (χ3v) is 4.14. The predicted octanol–water partition coefficient (Wildman–Crippen LogP) is 1.25. The number of piperidine rings is 1. The molecule has 0 saturated carbocycles. The number of nitrogens with one attached hydrogen (secondary N) is 1. The highest BCUT2D eigenvalue weighted by molar-refractivity contribution is 5.87. The fraction of sp³-hybridized carbons (Fsp3) is 0.667. The summed E-state index contributed by atoms with van der Waals surface area (Å²) >= 11 is 0. The number of fused-ring (bicyclic) bond motifs is 1. The largest absolute Gasteiger partial charge is 0.395 e. The SMILES string of the molecule is CC1CC(C)CN(c2nc(NCCO)c3cnn(C)c3n2)C1. The maximum absolute atomic E-state index is 9.06. The number of hydrogen-bond donors (Lipinski definition) is 2. The predicted molar refractivity (Wildman–Crippen MR) is 87.0 cm³/mol. The third-order valence-electron chi connectivity index (χ3n) is 4.14. The number of aliphatic hydroxyl groups excluding tert-OH is 1. The van der Waals surface area contributed by atoms with Crippen molar-refractivity contribution in [3.8, 4) is 0 Å². The quantitative estimate of drug-likeness (QED) is 0.885. The van der Waals surface area contributed by atoms with Gasteiger partial charge in [0.05, 0.1) is 18.2 Å². The van der Waals surface area contributed by atoms with Crippen LogP contribution >= 0.6 is 0 Å². The van der Waals surface area contributed by atoms with Gasteiger partial charge in [0, 0.05) is 26.7 Å². The van der Waals surface area contributed by atoms with E-state index in [4.69, 9.17) is 10.1 Å². The van der Waals surface area contributed by atoms with Crippen molar-refractivity contribution in [3.05, 3.63) is 6.20 Å². The molecule has 1 fully saturated rings. The van der Waals surface area contributed by atoms with Crippen LogP contribution in [0.2, 0.25) is 0 Å². The Morgan fingerprint density at radius 2 is 2.00 bits per heavy atom. The van der Waals surface area contributed by atoms with Gasteiger partial charge in [-0.15, -0.1) is 0 Å². The molecule has 0 aromatic carbocycles. The molecule has 2 aromatic rings. The molecule has 7 nitrogen and oxygen atoms in total. The Kier molecular flexibility index (Phi) is 4.15. The van der Waals surface area contributed by atoms with Gasteiger partial charge in [-0.2, -0.15) is 15.1 Å². The Labute approximate surface area is 130 Å². The van der Waals surface area contributed by atoms with Crippen molar-refractivity contribution in [2.24, 2.45) is 18.9 Å². The van der Waals surface area contributed by atoms with Gasteiger partial charge in [0.15, 0.2) is 5.65 Å². The fourth-order valence-corrected chi connectivity index (χ4v) is 3.29. The molecule has 0 amide bonds. The first-order valence-electron chi connectivity index (χ1n) is 7.88. The van der Waals surface area contributed by atoms with Gasteiger partial charge >= 0.3 is 0 Å². The summed E-state index contributed by atoms with van der Waals surface area (Å²) in [6, 6.07) is 0. The minimum Gasteiger partial charge on any atom is -0.395 e. The molecule has 0 spiro atoms. The summed E-state index contributed by atoms with van der Waals surface area (Å²) in [7, 11) is 1.89. The lowest BCUT2D eigenvalue weighted by atomic mass is 9.92. The smallest absolute Gasteiger partial charge is 0.229 e. The Bertz CT molecular complexity index is 645. The monoisotopic (exact) mass is 304 g/mol. The van der Waals surface area contributed by atoms with Gasteiger partial charge < -0.3 is 15.3 Å². The number of rotatable bonds is 4. The standard InChI is InChI=1S/C15H24N6O/c1-10-6-11(2)9-21(8-10)15-18-13(16-4-5-22)12-7-17-20(3)14(12)19-15/h7,10-11,22H,4-6,8-9H2,1-3H3,(H,16,18,19). The van der Waals surface area contributed by atoms with Gasteiger partial charge in [-0.3, -0.25) is 4.68 Å². The van der Waals surface area contributed by atoms with E-state index in [0.717, 1.165) is 35.9 Å². The second-order valence-electron chi connectivity index (χ2n) is 6.38. The number of anilines is 2. The number of nitrogens with zero attached hydrogens (tertiary/aromatic N) is 5. The first kappa shape index (κ1) is 15.0. The van der Waals surface area contributed by atoms with Crippen LogP contribution in [0.5, 0.6) is 0 Å². The molecule has 3 rings (SSSR count). The maximum atomic E-state index is 9.06. The normalized spacial score (nSPS) is 22.3. The molecule has 3 heterocycles. The highest BCUT2D eigenvalue weighted by Crippen LogP contribution is 2.27. The molecule has 0 radical (unpaired) electrons. The van der Waals surface area contributed by atoms with Crippen LogP contribution in [0.1, 0.15) is 20.3 Å². The lowest BCUT2D eigenvalue weighted by Gasteiger charge is -2.35. The van der Waals surface area contributed by atoms with Crippen LogP contribution in [-0.2, 0) is 7.05 Å². The van der Waals surface area contributed by atoms with Crippen LogP contribution in [0, 0.1) is 11.8 Å². The van der Waals surface area contributed by atoms with Crippen molar-refractivity contribution in [2.45, 2.75) is 20.3 Å². The molecular formula is C15H24N6O. The molecule has 1 saturated heterocycles. The highest BCUT2D eigenvalue weighted by atomic mass is 16.3. The van der Waals surface area contributed by atoms with Crippen LogP contribution in [0.3, 0.4) is 0 Å². The average molecular weight is 304 g/mol. The number of hydrogen-bond acceptors (Lipinski definition) is 6. The van der Waals surface area contributed by atoms with Gasteiger partial charge in [0.1, 0.15) is 5.82 Å². The summed E-state index contributed by atoms with van der Waals surface area (Å²) in [6.45, 7) is 7.04. The Hall–Kier alpha value is -1.89. The van der Waals surface area contributed by atoms with Crippen molar-refractivity contribution in [1.82, 2.24) is 19.7 Å². The summed E-state index contributed by atoms with van der Waals surface area (Å²) in [5.41, 5.74) is 0.816. The van der Waals surface area contributed by atoms with Gasteiger partial charge in [-0.1, -0.05) is 13.8 Å². The number of aromatic nitrogens is 4. The Morgan fingerprint density at radius 1 is 1.27 bits per heavy atom. The zero-order valence-electron chi connectivity index (χ0n) is 13.5. The van der Waals surface area contributed by atoms with E-state index in [0.29, 0.717) is 18.4 Å². The van der Waals surface area contributed by atoms with Crippen LogP contribution in [0.15, 0.2) is 6.20 Å². The molecule has 2 N–H and O–H groups in total. The van der Waals surface area contributed by atoms with Crippen LogP contribution in [0.25, 0.3) is 11.0 Å². The first-order chi connectivity index (χ1) is 10.6. The number of aryl methyl sites for hydroxylation is 1. The minimum atomic E-state index is 0.0683. The second kappa shape index (κ2) is 6.08. The molecule has 22 heavy (non-hydrogen) atoms. The zero-order chi connectivity index (χ0) is 15.7. The second-order valence-corrected chi connectivity index (χ2v) is 6.38. The van der Waals surface area contributed by atoms with Crippen molar-refractivity contribution in [3.63, 3.8) is 0 Å². The topological polar surface area (TPSA) is 79.1 Å². The minimum absolute atomic E-state index is 0.0683. The summed E-state index contributed by atoms with van der Waals surface area (Å²) < 4.78 is 1.77. The average Bonchev–Trinajstić information content (AvgIpc) is 2.85. The van der Waals surface area contributed by atoms with E-state index in [2.05, 4.69) is 34.1 Å². The van der Waals surface area contributed by atoms with Crippen molar-refractivity contribution in [1.29, 1.82) is 0 Å². The van der Waals surface area contributed by atoms with E-state index < -0.39 is 0 Å². The molecule has 2 aromatic heterocycles. The summed E-state index contributed by atoms with van der Waals surface area (Å²) in [5.74, 6) is 2.77. The summed E-state index contributed by atoms with van der Waals surface area (Å²) in [6.07, 6.45) is 3.01. The van der Waals surface area contributed by atoms with E-state index >= 15 is 0 Å². The van der Waals surface area contributed by atoms with E-state index in [-0.39, 0.29) is 6.61 Å². The summed E-state index contributed by atoms with van der Waals surface area (Å²) in [5, 5.41) is 17.4. The van der Waals surface area contributed by atoms with Crippen molar-refractivity contribution < 1.29 is 5.11 Å². The molecular weight excluding hydrogens is 280 g/mol. The molecule has 1 aliphatic rings. The molecule has 0 aliphatic carbocycles. The van der Waals surface area contributed by atoms with Crippen LogP contribution in [-0.4, -0.2) is 51.1 Å². The van der Waals surface area contributed by atoms with E-state index in [1.54, 1.807) is 10.9 Å². The van der Waals surface area contributed by atoms with Crippen molar-refractivity contribution in [2.75, 3.05) is 36.5 Å². The van der Waals surface area contributed by atoms with Crippen molar-refractivity contribution >= 4 is 22.8 Å². The fourth-order valence-electron chi connectivity index (χ4n) is 3.29. The molecule has 1 aliphatic heterocycles. The van der Waals surface area contributed by atoms with Gasteiger partial charge in [-0.05, 0) is 18.3 Å². The van der Waals surface area contributed by atoms with Gasteiger partial charge in [-0.25, -0.2) is 0 Å². The van der Waals surface area contributed by atoms with Gasteiger partial charge in [0.25, 0.3) is 0 Å². The van der Waals surface area contributed by atoms with E-state index in [1.807, 2.05) is 7.05 Å². The molecule has 7 heteroatoms. The first-order valence-corrected chi connectivity index (χ1v) is 7.88. The molecule has 2 unspecified atom stereocenters. The molecule has 2 atom stereocenters. The van der Waals surface area contributed by atoms with Crippen LogP contribution < -0.4 is 10.2 Å². The Morgan fingerprint density at radius 3 is 2.68 bits per heavy atom.